The average Bonchev–Trinajstić information content (AvgIpc) is 1.79. The zero-order valence-electron chi connectivity index (χ0n) is 10.4. The van der Waals surface area contributed by atoms with E-state index in [2.05, 4.69) is 0 Å². The van der Waals surface area contributed by atoms with Gasteiger partial charge in [0.15, 0.2) is 0 Å². The second-order valence-electron chi connectivity index (χ2n) is 2.24. The van der Waals surface area contributed by atoms with Gasteiger partial charge >= 0.3 is 0 Å². The highest BCUT2D eigenvalue weighted by atomic mass is 31.2. The van der Waals surface area contributed by atoms with Crippen LogP contribution in [-0.2, 0) is 22.8 Å². The van der Waals surface area contributed by atoms with Crippen LogP contribution in [0.3, 0.4) is 0 Å². The number of hydrogen-bond donors (Lipinski definition) is 0. The lowest BCUT2D eigenvalue weighted by atomic mass is 15.8. The van der Waals surface area contributed by atoms with Crippen LogP contribution in [0.5, 0.6) is 0 Å². The fourth-order valence-corrected chi connectivity index (χ4v) is 0. The van der Waals surface area contributed by atoms with E-state index < -0.39 is 39.1 Å². The van der Waals surface area contributed by atoms with Crippen molar-refractivity contribution in [2.75, 3.05) is 0 Å². The molecule has 0 N–H and O–H groups in total. The summed E-state index contributed by atoms with van der Waals surface area (Å²) in [4.78, 5) is 128. The lowest BCUT2D eigenvalue weighted by molar-refractivity contribution is -0.434. The molecule has 0 aromatic heterocycles. The van der Waals surface area contributed by atoms with E-state index in [1.165, 1.54) is 0 Å². The molecule has 0 aliphatic carbocycles. The normalized spacial score (nSPS) is 11.8. The highest BCUT2D eigenvalue weighted by Gasteiger charge is 1.46. The molecule has 0 heterocycles. The van der Waals surface area contributed by atoms with Gasteiger partial charge in [-0.3, -0.25) is 0 Å². The molecule has 0 amide bonds. The van der Waals surface area contributed by atoms with E-state index in [-0.39, 0.29) is 0 Å². The Hall–Kier alpha value is 0.550. The van der Waals surface area contributed by atoms with Crippen LogP contribution in [0.15, 0.2) is 0 Å². The molecule has 0 unspecified atom stereocenters. The Balaban J connectivity index is -0.0000000667. The molecule has 0 aliphatic rings. The summed E-state index contributed by atoms with van der Waals surface area (Å²) in [7, 11) is -26.9. The number of phosphoric acid groups is 5. The van der Waals surface area contributed by atoms with Gasteiger partial charge in [-0.25, -0.2) is 0 Å². The fraction of sp³-hybridized carbons (Fsp3) is 0. The third-order valence-electron chi connectivity index (χ3n) is 0. The van der Waals surface area contributed by atoms with Crippen LogP contribution in [0.1, 0.15) is 0 Å². The van der Waals surface area contributed by atoms with Crippen molar-refractivity contribution in [3.8, 4) is 0 Å². The zero-order valence-corrected chi connectivity index (χ0v) is 14.9. The summed E-state index contributed by atoms with van der Waals surface area (Å²) in [6.07, 6.45) is 0. The van der Waals surface area contributed by atoms with E-state index in [9.17, 15) is 0 Å². The Kier molecular flexibility index (Phi) is 21.3. The lowest BCUT2D eigenvalue weighted by Crippen LogP contribution is -2.24. The topological polar surface area (TPSA) is 431 Å². The first-order valence-electron chi connectivity index (χ1n) is 3.65. The SMILES string of the molecule is O=P([O-])([O-])[O-].O=P([O-])([O-])[O-].O=P([O-])([O-])[O-].O=P([O-])([O-])[O-].O=P([O-])([O-])[O-]. The minimum absolute atomic E-state index is 5.39. The van der Waals surface area contributed by atoms with E-state index in [0.717, 1.165) is 0 Å². The van der Waals surface area contributed by atoms with Gasteiger partial charge in [0.2, 0.25) is 0 Å². The van der Waals surface area contributed by atoms with Gasteiger partial charge in [0.05, 0.1) is 0 Å². The van der Waals surface area contributed by atoms with Crippen LogP contribution in [0.25, 0.3) is 0 Å². The maximum Gasteiger partial charge on any atom is -0.159 e. The molecule has 0 atom stereocenters. The highest BCUT2D eigenvalue weighted by molar-refractivity contribution is 7.41. The molecular weight excluding hydrogens is 475 g/mol. The molecule has 0 saturated heterocycles. The maximum absolute atomic E-state index is 8.55. The van der Waals surface area contributed by atoms with Crippen LogP contribution >= 0.6 is 39.1 Å². The molecule has 0 radical (unpaired) electrons. The highest BCUT2D eigenvalue weighted by Crippen LogP contribution is 2.04. The molecule has 0 aromatic rings. The van der Waals surface area contributed by atoms with Gasteiger partial charge in [-0.1, -0.05) is 0 Å². The van der Waals surface area contributed by atoms with Gasteiger partial charge in [0.1, 0.15) is 0 Å². The van der Waals surface area contributed by atoms with Gasteiger partial charge in [0.25, 0.3) is 0 Å². The molecule has 20 nitrogen and oxygen atoms in total. The summed E-state index contributed by atoms with van der Waals surface area (Å²) in [5.41, 5.74) is 0. The maximum atomic E-state index is 8.55. The molecule has 0 aliphatic heterocycles. The Bertz CT molecular complexity index is 365. The quantitative estimate of drug-likeness (QED) is 0.293. The van der Waals surface area contributed by atoms with E-state index in [1.807, 2.05) is 0 Å². The smallest absolute Gasteiger partial charge is 0.159 e. The third kappa shape index (κ3) is 41300. The van der Waals surface area contributed by atoms with Gasteiger partial charge in [-0.2, -0.15) is 39.1 Å². The van der Waals surface area contributed by atoms with Crippen molar-refractivity contribution in [1.82, 2.24) is 0 Å². The molecule has 25 heavy (non-hydrogen) atoms. The Morgan fingerprint density at radius 1 is 0.240 bits per heavy atom. The van der Waals surface area contributed by atoms with Gasteiger partial charge in [0, 0.05) is 0 Å². The molecule has 0 spiro atoms. The minimum atomic E-state index is -5.39. The van der Waals surface area contributed by atoms with E-state index in [4.69, 9.17) is 96.2 Å². The van der Waals surface area contributed by atoms with Crippen LogP contribution in [0.2, 0.25) is 0 Å². The second-order valence-corrected chi connectivity index (χ2v) is 6.71. The molecule has 160 valence electrons. The summed E-state index contributed by atoms with van der Waals surface area (Å²) in [5.74, 6) is 0. The Labute approximate surface area is 136 Å². The van der Waals surface area contributed by atoms with Crippen molar-refractivity contribution in [1.29, 1.82) is 0 Å². The van der Waals surface area contributed by atoms with Crippen molar-refractivity contribution >= 4 is 39.1 Å². The first-order chi connectivity index (χ1) is 10.0. The first kappa shape index (κ1) is 36.5. The van der Waals surface area contributed by atoms with Crippen molar-refractivity contribution in [3.05, 3.63) is 0 Å². The van der Waals surface area contributed by atoms with Crippen LogP contribution in [0.4, 0.5) is 0 Å². The van der Waals surface area contributed by atoms with E-state index >= 15 is 0 Å². The summed E-state index contributed by atoms with van der Waals surface area (Å²) in [5, 5.41) is 0. The standard InChI is InChI=1S/5H3O4P/c5*1-5(2,3)4/h5*(H3,1,2,3,4)/p-15. The monoisotopic (exact) mass is 475 g/mol. The molecule has 25 heteroatoms. The largest absolute Gasteiger partial charge is 0.822 e. The Morgan fingerprint density at radius 3 is 0.240 bits per heavy atom. The number of rotatable bonds is 0. The molecule has 0 saturated carbocycles. The summed E-state index contributed by atoms with van der Waals surface area (Å²) >= 11 is 0. The molecule has 0 rings (SSSR count). The number of hydrogen-bond acceptors (Lipinski definition) is 20. The molecule has 0 aromatic carbocycles. The van der Waals surface area contributed by atoms with Crippen molar-refractivity contribution < 1.29 is 96.2 Å². The molecular formula is O20P5-15. The summed E-state index contributed by atoms with van der Waals surface area (Å²) in [6.45, 7) is 0. The summed E-state index contributed by atoms with van der Waals surface area (Å²) in [6, 6.07) is 0. The van der Waals surface area contributed by atoms with Crippen LogP contribution in [-0.4, -0.2) is 0 Å². The van der Waals surface area contributed by atoms with E-state index in [0.29, 0.717) is 0 Å². The van der Waals surface area contributed by atoms with Gasteiger partial charge in [-0.15, -0.1) is 0 Å². The predicted molar refractivity (Wildman–Crippen MR) is 38.0 cm³/mol. The Morgan fingerprint density at radius 2 is 0.240 bits per heavy atom. The van der Waals surface area contributed by atoms with Crippen LogP contribution in [0, 0.1) is 0 Å². The van der Waals surface area contributed by atoms with Gasteiger partial charge < -0.3 is 96.2 Å². The predicted octanol–water partition coefficient (Wildman–Crippen LogP) is -14.1. The van der Waals surface area contributed by atoms with Crippen molar-refractivity contribution in [2.45, 2.75) is 0 Å². The molecule has 0 fully saturated rings. The van der Waals surface area contributed by atoms with Crippen molar-refractivity contribution in [3.63, 3.8) is 0 Å². The lowest BCUT2D eigenvalue weighted by Gasteiger charge is -2.36. The van der Waals surface area contributed by atoms with Crippen molar-refractivity contribution in [2.24, 2.45) is 0 Å². The first-order valence-corrected chi connectivity index (χ1v) is 11.0. The second kappa shape index (κ2) is 14.6. The van der Waals surface area contributed by atoms with E-state index in [1.54, 1.807) is 0 Å². The average molecular weight is 475 g/mol. The van der Waals surface area contributed by atoms with Crippen LogP contribution < -0.4 is 73.4 Å². The third-order valence-corrected chi connectivity index (χ3v) is 0. The zero-order chi connectivity index (χ0) is 22.5. The fourth-order valence-electron chi connectivity index (χ4n) is 0. The summed E-state index contributed by atoms with van der Waals surface area (Å²) < 4.78 is 42.7. The molecule has 0 bridgehead atoms. The minimum Gasteiger partial charge on any atom is -0.822 e. The van der Waals surface area contributed by atoms with Gasteiger partial charge in [-0.05, 0) is 0 Å².